The zero-order valence-electron chi connectivity index (χ0n) is 30.6. The van der Waals surface area contributed by atoms with Gasteiger partial charge in [0.15, 0.2) is 5.84 Å². The lowest BCUT2D eigenvalue weighted by atomic mass is 10.0. The molecule has 0 spiro atoms. The van der Waals surface area contributed by atoms with Crippen molar-refractivity contribution >= 4 is 96.5 Å². The Morgan fingerprint density at radius 1 is 0.456 bits per heavy atom. The van der Waals surface area contributed by atoms with Gasteiger partial charge in [-0.1, -0.05) is 146 Å². The van der Waals surface area contributed by atoms with E-state index >= 15 is 0 Å². The maximum absolute atomic E-state index is 5.38. The van der Waals surface area contributed by atoms with Crippen LogP contribution in [0.1, 0.15) is 22.9 Å². The van der Waals surface area contributed by atoms with Crippen molar-refractivity contribution in [1.29, 1.82) is 0 Å². The topological polar surface area (TPSA) is 41.7 Å². The molecular weight excluding hydrogens is 733 g/mol. The summed E-state index contributed by atoms with van der Waals surface area (Å²) < 4.78 is 7.51. The van der Waals surface area contributed by atoms with Crippen LogP contribution < -0.4 is 5.32 Å². The van der Waals surface area contributed by atoms with Crippen LogP contribution >= 0.6 is 22.7 Å². The average Bonchev–Trinajstić information content (AvgIpc) is 3.96. The van der Waals surface area contributed by atoms with Gasteiger partial charge in [0.1, 0.15) is 12.0 Å². The molecule has 1 aliphatic rings. The van der Waals surface area contributed by atoms with Crippen molar-refractivity contribution in [3.8, 4) is 16.8 Å². The summed E-state index contributed by atoms with van der Waals surface area (Å²) in [5.74, 6) is 1.53. The predicted octanol–water partition coefficient (Wildman–Crippen LogP) is 13.7. The number of aromatic nitrogens is 1. The molecule has 1 aliphatic heterocycles. The summed E-state index contributed by atoms with van der Waals surface area (Å²) >= 11 is 3.69. The van der Waals surface area contributed by atoms with E-state index in [1.54, 1.807) is 0 Å². The standard InChI is InChI=1S/C51H32N4S2/c1-3-14-31(15-4-1)49-52-50(32-16-5-2-6-17-32)54-51(53-49)42-30-34(29-41-39-20-9-12-25-46(39)57-48(41)42)55-43-23-10-7-18-36(43)37-27-26-33(28-44(37)55)35-21-13-22-40-38-19-8-11-24-45(38)56-47(35)40/h1-30,49H,(H,52,53,54). The molecule has 4 heterocycles. The highest BCUT2D eigenvalue weighted by Crippen LogP contribution is 2.44. The molecule has 1 unspecified atom stereocenters. The molecule has 0 fully saturated rings. The van der Waals surface area contributed by atoms with E-state index in [0.717, 1.165) is 39.6 Å². The summed E-state index contributed by atoms with van der Waals surface area (Å²) in [5.41, 5.74) is 9.01. The number of hydrogen-bond donors (Lipinski definition) is 1. The third-order valence-electron chi connectivity index (χ3n) is 11.3. The summed E-state index contributed by atoms with van der Waals surface area (Å²) in [4.78, 5) is 10.7. The molecular formula is C51H32N4S2. The van der Waals surface area contributed by atoms with Gasteiger partial charge in [0.25, 0.3) is 0 Å². The number of fused-ring (bicyclic) bond motifs is 9. The van der Waals surface area contributed by atoms with E-state index in [-0.39, 0.29) is 6.17 Å². The number of para-hydroxylation sites is 1. The molecule has 268 valence electrons. The Morgan fingerprint density at radius 3 is 1.88 bits per heavy atom. The molecule has 4 nitrogen and oxygen atoms in total. The van der Waals surface area contributed by atoms with E-state index in [1.165, 1.54) is 67.8 Å². The van der Waals surface area contributed by atoms with Crippen LogP contribution in [-0.2, 0) is 0 Å². The van der Waals surface area contributed by atoms with Crippen LogP contribution in [0.3, 0.4) is 0 Å². The first-order chi connectivity index (χ1) is 28.2. The Hall–Kier alpha value is -6.86. The second-order valence-electron chi connectivity index (χ2n) is 14.6. The van der Waals surface area contributed by atoms with Crippen LogP contribution in [0.2, 0.25) is 0 Å². The van der Waals surface area contributed by atoms with Crippen molar-refractivity contribution in [1.82, 2.24) is 9.88 Å². The second kappa shape index (κ2) is 12.8. The highest BCUT2D eigenvalue weighted by Gasteiger charge is 2.25. The Morgan fingerprint density at radius 2 is 1.09 bits per heavy atom. The number of hydrogen-bond acceptors (Lipinski definition) is 5. The van der Waals surface area contributed by atoms with Crippen molar-refractivity contribution in [3.63, 3.8) is 0 Å². The van der Waals surface area contributed by atoms with Crippen LogP contribution in [0, 0.1) is 0 Å². The van der Waals surface area contributed by atoms with Crippen LogP contribution in [-0.4, -0.2) is 16.2 Å². The summed E-state index contributed by atoms with van der Waals surface area (Å²) in [6, 6.07) is 65.5. The van der Waals surface area contributed by atoms with Gasteiger partial charge < -0.3 is 9.88 Å². The number of aliphatic imine (C=N–C) groups is 2. The van der Waals surface area contributed by atoms with Gasteiger partial charge in [-0.2, -0.15) is 0 Å². The number of nitrogens with zero attached hydrogens (tertiary/aromatic N) is 3. The quantitative estimate of drug-likeness (QED) is 0.186. The monoisotopic (exact) mass is 764 g/mol. The molecule has 1 N–H and O–H groups in total. The van der Waals surface area contributed by atoms with E-state index in [2.05, 4.69) is 180 Å². The number of thiophene rings is 2. The fourth-order valence-corrected chi connectivity index (χ4v) is 11.0. The van der Waals surface area contributed by atoms with Crippen molar-refractivity contribution in [3.05, 3.63) is 199 Å². The molecule has 1 atom stereocenters. The van der Waals surface area contributed by atoms with Gasteiger partial charge in [0.2, 0.25) is 0 Å². The molecule has 0 saturated carbocycles. The largest absolute Gasteiger partial charge is 0.344 e. The molecule has 0 aliphatic carbocycles. The SMILES string of the molecule is c1ccc(C2=NC(c3cc(-n4c5ccccc5c5ccc(-c6cccc7c6sc6ccccc67)cc54)cc4c3sc3ccccc34)=NC(c3ccccc3)N2)cc1. The highest BCUT2D eigenvalue weighted by atomic mass is 32.1. The lowest BCUT2D eigenvalue weighted by Crippen LogP contribution is -2.33. The Bertz CT molecular complexity index is 3440. The van der Waals surface area contributed by atoms with Gasteiger partial charge in [-0.3, -0.25) is 0 Å². The molecule has 6 heteroatoms. The van der Waals surface area contributed by atoms with E-state index in [0.29, 0.717) is 0 Å². The lowest BCUT2D eigenvalue weighted by Gasteiger charge is -2.24. The van der Waals surface area contributed by atoms with E-state index in [1.807, 2.05) is 34.8 Å². The number of amidine groups is 2. The Kier molecular flexibility index (Phi) is 7.30. The summed E-state index contributed by atoms with van der Waals surface area (Å²) in [6.07, 6.45) is -0.297. The number of nitrogens with one attached hydrogen (secondary N) is 1. The minimum Gasteiger partial charge on any atom is -0.344 e. The number of benzene rings is 8. The summed E-state index contributed by atoms with van der Waals surface area (Å²) in [6.45, 7) is 0. The summed E-state index contributed by atoms with van der Waals surface area (Å²) in [5, 5.41) is 11.2. The van der Waals surface area contributed by atoms with Crippen LogP contribution in [0.25, 0.3) is 79.0 Å². The van der Waals surface area contributed by atoms with Crippen LogP contribution in [0.15, 0.2) is 192 Å². The maximum atomic E-state index is 5.38. The van der Waals surface area contributed by atoms with E-state index in [9.17, 15) is 0 Å². The fraction of sp³-hybridized carbons (Fsp3) is 0.0196. The van der Waals surface area contributed by atoms with Gasteiger partial charge in [0, 0.05) is 67.9 Å². The lowest BCUT2D eigenvalue weighted by molar-refractivity contribution is 0.674. The minimum absolute atomic E-state index is 0.297. The maximum Gasteiger partial charge on any atom is 0.160 e. The molecule has 11 aromatic rings. The first-order valence-corrected chi connectivity index (χ1v) is 20.8. The molecule has 57 heavy (non-hydrogen) atoms. The van der Waals surface area contributed by atoms with Crippen molar-refractivity contribution in [2.45, 2.75) is 6.17 Å². The number of rotatable bonds is 5. The van der Waals surface area contributed by atoms with Gasteiger partial charge >= 0.3 is 0 Å². The Balaban J connectivity index is 1.13. The fourth-order valence-electron chi connectivity index (χ4n) is 8.62. The zero-order chi connectivity index (χ0) is 37.5. The highest BCUT2D eigenvalue weighted by molar-refractivity contribution is 7.26. The molecule has 12 rings (SSSR count). The van der Waals surface area contributed by atoms with Crippen molar-refractivity contribution in [2.75, 3.05) is 0 Å². The van der Waals surface area contributed by atoms with Crippen LogP contribution in [0.5, 0.6) is 0 Å². The molecule has 0 saturated heterocycles. The summed E-state index contributed by atoms with van der Waals surface area (Å²) in [7, 11) is 0. The van der Waals surface area contributed by atoms with Gasteiger partial charge in [-0.25, -0.2) is 9.98 Å². The zero-order valence-corrected chi connectivity index (χ0v) is 32.2. The van der Waals surface area contributed by atoms with E-state index < -0.39 is 0 Å². The third kappa shape index (κ3) is 5.18. The third-order valence-corrected chi connectivity index (χ3v) is 13.7. The van der Waals surface area contributed by atoms with E-state index in [4.69, 9.17) is 9.98 Å². The molecule has 0 amide bonds. The Labute approximate surface area is 336 Å². The molecule has 0 bridgehead atoms. The minimum atomic E-state index is -0.297. The molecule has 8 aromatic carbocycles. The first kappa shape index (κ1) is 32.4. The smallest absolute Gasteiger partial charge is 0.160 e. The second-order valence-corrected chi connectivity index (χ2v) is 16.7. The average molecular weight is 765 g/mol. The van der Waals surface area contributed by atoms with Crippen molar-refractivity contribution in [2.24, 2.45) is 9.98 Å². The van der Waals surface area contributed by atoms with Gasteiger partial charge in [0.05, 0.1) is 11.0 Å². The van der Waals surface area contributed by atoms with Crippen molar-refractivity contribution < 1.29 is 0 Å². The molecule has 3 aromatic heterocycles. The van der Waals surface area contributed by atoms with Crippen LogP contribution in [0.4, 0.5) is 0 Å². The molecule has 0 radical (unpaired) electrons. The van der Waals surface area contributed by atoms with Gasteiger partial charge in [-0.15, -0.1) is 22.7 Å². The van der Waals surface area contributed by atoms with Gasteiger partial charge in [-0.05, 0) is 53.1 Å². The predicted molar refractivity (Wildman–Crippen MR) is 244 cm³/mol. The normalized spacial score (nSPS) is 14.5. The first-order valence-electron chi connectivity index (χ1n) is 19.2.